The molecule has 1 aromatic carbocycles. The van der Waals surface area contributed by atoms with Crippen molar-refractivity contribution in [3.8, 4) is 0 Å². The average Bonchev–Trinajstić information content (AvgIpc) is 2.40. The first kappa shape index (κ1) is 14.8. The van der Waals surface area contributed by atoms with E-state index >= 15 is 0 Å². The molecule has 1 heterocycles. The number of rotatable bonds is 3. The minimum atomic E-state index is -4.54. The predicted octanol–water partition coefficient (Wildman–Crippen LogP) is 3.85. The van der Waals surface area contributed by atoms with Gasteiger partial charge in [0, 0.05) is 6.20 Å². The fourth-order valence-corrected chi connectivity index (χ4v) is 1.77. The molecule has 0 aliphatic rings. The van der Waals surface area contributed by atoms with Crippen LogP contribution in [0.15, 0.2) is 36.5 Å². The number of nitrogens with zero attached hydrogens (tertiary/aromatic N) is 1. The maximum Gasteiger partial charge on any atom is 0.416 e. The summed E-state index contributed by atoms with van der Waals surface area (Å²) in [6, 6.07) is 5.65. The van der Waals surface area contributed by atoms with Crippen molar-refractivity contribution >= 4 is 17.3 Å². The lowest BCUT2D eigenvalue weighted by Crippen LogP contribution is -2.09. The molecule has 2 rings (SSSR count). The highest BCUT2D eigenvalue weighted by Gasteiger charge is 2.31. The number of aryl methyl sites for hydroxylation is 1. The van der Waals surface area contributed by atoms with Gasteiger partial charge in [-0.1, -0.05) is 0 Å². The van der Waals surface area contributed by atoms with Crippen molar-refractivity contribution in [3.05, 3.63) is 53.3 Å². The maximum absolute atomic E-state index is 12.7. The molecule has 0 saturated carbocycles. The Hall–Kier alpha value is -2.57. The Balaban J connectivity index is 2.49. The molecule has 0 unspecified atom stereocenters. The zero-order valence-electron chi connectivity index (χ0n) is 10.9. The molecule has 0 spiro atoms. The molecule has 1 aromatic heterocycles. The van der Waals surface area contributed by atoms with Gasteiger partial charge in [-0.2, -0.15) is 13.2 Å². The van der Waals surface area contributed by atoms with Crippen LogP contribution in [0.2, 0.25) is 0 Å². The second kappa shape index (κ2) is 5.43. The summed E-state index contributed by atoms with van der Waals surface area (Å²) in [5.74, 6) is -1.31. The van der Waals surface area contributed by atoms with Crippen LogP contribution < -0.4 is 5.32 Å². The molecule has 7 heteroatoms. The topological polar surface area (TPSA) is 62.2 Å². The van der Waals surface area contributed by atoms with Crippen LogP contribution in [-0.4, -0.2) is 16.1 Å². The van der Waals surface area contributed by atoms with Crippen LogP contribution in [-0.2, 0) is 6.18 Å². The zero-order valence-corrected chi connectivity index (χ0v) is 10.9. The second-order valence-electron chi connectivity index (χ2n) is 4.32. The molecule has 2 N–H and O–H groups in total. The van der Waals surface area contributed by atoms with E-state index < -0.39 is 17.7 Å². The van der Waals surface area contributed by atoms with Gasteiger partial charge in [0.2, 0.25) is 0 Å². The Morgan fingerprint density at radius 3 is 2.52 bits per heavy atom. The minimum Gasteiger partial charge on any atom is -0.478 e. The van der Waals surface area contributed by atoms with Gasteiger partial charge in [0.05, 0.1) is 28.2 Å². The van der Waals surface area contributed by atoms with E-state index in [1.807, 2.05) is 0 Å². The van der Waals surface area contributed by atoms with Crippen LogP contribution in [0, 0.1) is 6.92 Å². The lowest BCUT2D eigenvalue weighted by Gasteiger charge is -2.14. The number of halogens is 3. The van der Waals surface area contributed by atoms with Gasteiger partial charge in [0.1, 0.15) is 0 Å². The monoisotopic (exact) mass is 296 g/mol. The van der Waals surface area contributed by atoms with Crippen molar-refractivity contribution in [1.29, 1.82) is 0 Å². The molecule has 0 radical (unpaired) electrons. The van der Waals surface area contributed by atoms with Crippen molar-refractivity contribution in [2.24, 2.45) is 0 Å². The van der Waals surface area contributed by atoms with Crippen molar-refractivity contribution < 1.29 is 23.1 Å². The van der Waals surface area contributed by atoms with Gasteiger partial charge in [0.25, 0.3) is 0 Å². The van der Waals surface area contributed by atoms with Crippen LogP contribution in [0.25, 0.3) is 0 Å². The number of hydrogen-bond donors (Lipinski definition) is 2. The SMILES string of the molecule is Cc1ncccc1Nc1cc(C(F)(F)F)ccc1C(=O)O. The van der Waals surface area contributed by atoms with Crippen molar-refractivity contribution in [2.45, 2.75) is 13.1 Å². The van der Waals surface area contributed by atoms with Crippen molar-refractivity contribution in [1.82, 2.24) is 4.98 Å². The fraction of sp³-hybridized carbons (Fsp3) is 0.143. The summed E-state index contributed by atoms with van der Waals surface area (Å²) in [4.78, 5) is 15.1. The third-order valence-corrected chi connectivity index (χ3v) is 2.85. The van der Waals surface area contributed by atoms with E-state index in [1.54, 1.807) is 19.1 Å². The molecule has 110 valence electrons. The number of anilines is 2. The standard InChI is InChI=1S/C14H11F3N2O2/c1-8-11(3-2-6-18-8)19-12-7-9(14(15,16)17)4-5-10(12)13(20)21/h2-7,19H,1H3,(H,20,21). The van der Waals surface area contributed by atoms with E-state index in [9.17, 15) is 18.0 Å². The molecular formula is C14H11F3N2O2. The summed E-state index contributed by atoms with van der Waals surface area (Å²) in [6.07, 6.45) is -3.01. The van der Waals surface area contributed by atoms with E-state index in [-0.39, 0.29) is 11.3 Å². The number of carbonyl (C=O) groups is 1. The summed E-state index contributed by atoms with van der Waals surface area (Å²) >= 11 is 0. The highest BCUT2D eigenvalue weighted by atomic mass is 19.4. The predicted molar refractivity (Wildman–Crippen MR) is 70.7 cm³/mol. The first-order valence-corrected chi connectivity index (χ1v) is 5.92. The number of nitrogens with one attached hydrogen (secondary N) is 1. The second-order valence-corrected chi connectivity index (χ2v) is 4.32. The van der Waals surface area contributed by atoms with E-state index in [1.165, 1.54) is 6.20 Å². The molecular weight excluding hydrogens is 285 g/mol. The Morgan fingerprint density at radius 2 is 1.95 bits per heavy atom. The van der Waals surface area contributed by atoms with Gasteiger partial charge < -0.3 is 10.4 Å². The zero-order chi connectivity index (χ0) is 15.6. The number of aromatic nitrogens is 1. The van der Waals surface area contributed by atoms with E-state index in [2.05, 4.69) is 10.3 Å². The number of benzene rings is 1. The van der Waals surface area contributed by atoms with Crippen molar-refractivity contribution in [2.75, 3.05) is 5.32 Å². The highest BCUT2D eigenvalue weighted by Crippen LogP contribution is 2.33. The Labute approximate surface area is 118 Å². The van der Waals surface area contributed by atoms with Crippen LogP contribution >= 0.6 is 0 Å². The lowest BCUT2D eigenvalue weighted by molar-refractivity contribution is -0.137. The van der Waals surface area contributed by atoms with Gasteiger partial charge >= 0.3 is 12.1 Å². The number of carboxylic acids is 1. The number of alkyl halides is 3. The lowest BCUT2D eigenvalue weighted by atomic mass is 10.1. The first-order chi connectivity index (χ1) is 9.79. The largest absolute Gasteiger partial charge is 0.478 e. The van der Waals surface area contributed by atoms with Crippen LogP contribution in [0.5, 0.6) is 0 Å². The van der Waals surface area contributed by atoms with E-state index in [0.29, 0.717) is 11.4 Å². The molecule has 4 nitrogen and oxygen atoms in total. The van der Waals surface area contributed by atoms with Crippen molar-refractivity contribution in [3.63, 3.8) is 0 Å². The molecule has 0 bridgehead atoms. The number of aromatic carboxylic acids is 1. The molecule has 0 saturated heterocycles. The Kier molecular flexibility index (Phi) is 3.84. The molecule has 0 amide bonds. The maximum atomic E-state index is 12.7. The molecule has 0 aliphatic heterocycles. The third-order valence-electron chi connectivity index (χ3n) is 2.85. The molecule has 0 aliphatic carbocycles. The first-order valence-electron chi connectivity index (χ1n) is 5.92. The van der Waals surface area contributed by atoms with Crippen LogP contribution in [0.1, 0.15) is 21.6 Å². The van der Waals surface area contributed by atoms with Gasteiger partial charge in [-0.15, -0.1) is 0 Å². The summed E-state index contributed by atoms with van der Waals surface area (Å²) in [6.45, 7) is 1.66. The van der Waals surface area contributed by atoms with Gasteiger partial charge in [-0.3, -0.25) is 4.98 Å². The molecule has 0 fully saturated rings. The smallest absolute Gasteiger partial charge is 0.416 e. The van der Waals surface area contributed by atoms with Gasteiger partial charge in [-0.25, -0.2) is 4.79 Å². The van der Waals surface area contributed by atoms with E-state index in [4.69, 9.17) is 5.11 Å². The van der Waals surface area contributed by atoms with Gasteiger partial charge in [0.15, 0.2) is 0 Å². The number of pyridine rings is 1. The minimum absolute atomic E-state index is 0.131. The van der Waals surface area contributed by atoms with Crippen LogP contribution in [0.4, 0.5) is 24.5 Å². The Bertz CT molecular complexity index is 684. The quantitative estimate of drug-likeness (QED) is 0.903. The van der Waals surface area contributed by atoms with Crippen LogP contribution in [0.3, 0.4) is 0 Å². The Morgan fingerprint density at radius 1 is 1.24 bits per heavy atom. The molecule has 21 heavy (non-hydrogen) atoms. The molecule has 2 aromatic rings. The summed E-state index contributed by atoms with van der Waals surface area (Å²) in [7, 11) is 0. The molecule has 0 atom stereocenters. The third kappa shape index (κ3) is 3.31. The average molecular weight is 296 g/mol. The fourth-order valence-electron chi connectivity index (χ4n) is 1.77. The number of carboxylic acid groups (broad SMARTS) is 1. The number of hydrogen-bond acceptors (Lipinski definition) is 3. The normalized spacial score (nSPS) is 11.2. The summed E-state index contributed by atoms with van der Waals surface area (Å²) in [5, 5.41) is 11.8. The summed E-state index contributed by atoms with van der Waals surface area (Å²) in [5.41, 5.74) is -0.304. The highest BCUT2D eigenvalue weighted by molar-refractivity contribution is 5.95. The van der Waals surface area contributed by atoms with E-state index in [0.717, 1.165) is 18.2 Å². The van der Waals surface area contributed by atoms with Gasteiger partial charge in [-0.05, 0) is 37.3 Å². The summed E-state index contributed by atoms with van der Waals surface area (Å²) < 4.78 is 38.2.